The molecule has 0 aromatic carbocycles. The van der Waals surface area contributed by atoms with Gasteiger partial charge in [0.15, 0.2) is 5.65 Å². The Labute approximate surface area is 151 Å². The van der Waals surface area contributed by atoms with Gasteiger partial charge in [-0.05, 0) is 26.9 Å². The van der Waals surface area contributed by atoms with Gasteiger partial charge in [0.25, 0.3) is 0 Å². The molecule has 4 rings (SSSR count). The van der Waals surface area contributed by atoms with Gasteiger partial charge >= 0.3 is 0 Å². The molecular weight excluding hydrogens is 332 g/mol. The highest BCUT2D eigenvalue weighted by atomic mass is 15.3. The van der Waals surface area contributed by atoms with Gasteiger partial charge < -0.3 is 20.1 Å². The molecule has 0 radical (unpaired) electrons. The number of nitrogens with zero attached hydrogens (tertiary/aromatic N) is 9. The second-order valence-electron chi connectivity index (χ2n) is 7.09. The van der Waals surface area contributed by atoms with E-state index < -0.39 is 0 Å². The van der Waals surface area contributed by atoms with Crippen LogP contribution < -0.4 is 10.6 Å². The molecule has 0 amide bonds. The van der Waals surface area contributed by atoms with Crippen molar-refractivity contribution >= 4 is 17.4 Å². The summed E-state index contributed by atoms with van der Waals surface area (Å²) < 4.78 is 3.80. The normalized spacial score (nSPS) is 18.2. The van der Waals surface area contributed by atoms with E-state index in [1.165, 1.54) is 0 Å². The Morgan fingerprint density at radius 2 is 2.12 bits per heavy atom. The van der Waals surface area contributed by atoms with E-state index in [0.717, 1.165) is 49.9 Å². The van der Waals surface area contributed by atoms with Crippen molar-refractivity contribution in [1.82, 2.24) is 39.2 Å². The molecule has 138 valence electrons. The summed E-state index contributed by atoms with van der Waals surface area (Å²) in [5.41, 5.74) is 6.75. The molecule has 10 heteroatoms. The second-order valence-corrected chi connectivity index (χ2v) is 7.09. The molecule has 2 N–H and O–H groups in total. The van der Waals surface area contributed by atoms with E-state index in [4.69, 9.17) is 5.73 Å². The third-order valence-corrected chi connectivity index (χ3v) is 4.88. The third kappa shape index (κ3) is 2.96. The molecule has 3 aromatic heterocycles. The summed E-state index contributed by atoms with van der Waals surface area (Å²) in [5, 5.41) is 16.8. The molecule has 1 aliphatic heterocycles. The lowest BCUT2D eigenvalue weighted by molar-refractivity contribution is 0.382. The molecule has 1 saturated heterocycles. The SMILES string of the molecule is CN(C)Cc1nnc(C2CCCN(c3cc4nncn4c(N)n3)C2)n1C. The van der Waals surface area contributed by atoms with Crippen LogP contribution in [0.25, 0.3) is 5.65 Å². The Kier molecular flexibility index (Phi) is 4.19. The zero-order chi connectivity index (χ0) is 18.3. The van der Waals surface area contributed by atoms with E-state index in [0.29, 0.717) is 17.5 Å². The number of nitrogens with two attached hydrogens (primary N) is 1. The molecule has 1 fully saturated rings. The minimum absolute atomic E-state index is 0.314. The average Bonchev–Trinajstić information content (AvgIpc) is 3.22. The number of aromatic nitrogens is 7. The van der Waals surface area contributed by atoms with Crippen LogP contribution in [-0.4, -0.2) is 66.4 Å². The first-order valence-corrected chi connectivity index (χ1v) is 8.77. The summed E-state index contributed by atoms with van der Waals surface area (Å²) in [5.74, 6) is 3.56. The van der Waals surface area contributed by atoms with Crippen LogP contribution in [0.5, 0.6) is 0 Å². The van der Waals surface area contributed by atoms with Gasteiger partial charge in [0.2, 0.25) is 5.95 Å². The average molecular weight is 356 g/mol. The maximum absolute atomic E-state index is 6.04. The van der Waals surface area contributed by atoms with Crippen molar-refractivity contribution in [3.05, 3.63) is 24.0 Å². The fraction of sp³-hybridized carbons (Fsp3) is 0.562. The highest BCUT2D eigenvalue weighted by Crippen LogP contribution is 2.29. The zero-order valence-electron chi connectivity index (χ0n) is 15.4. The van der Waals surface area contributed by atoms with E-state index in [2.05, 4.69) is 39.7 Å². The second kappa shape index (κ2) is 6.52. The van der Waals surface area contributed by atoms with Crippen LogP contribution in [0.2, 0.25) is 0 Å². The van der Waals surface area contributed by atoms with Crippen molar-refractivity contribution in [3.63, 3.8) is 0 Å². The number of piperidine rings is 1. The zero-order valence-corrected chi connectivity index (χ0v) is 15.4. The quantitative estimate of drug-likeness (QED) is 0.710. The van der Waals surface area contributed by atoms with Crippen molar-refractivity contribution in [1.29, 1.82) is 0 Å². The van der Waals surface area contributed by atoms with Gasteiger partial charge in [-0.3, -0.25) is 4.40 Å². The number of hydrogen-bond acceptors (Lipinski definition) is 8. The lowest BCUT2D eigenvalue weighted by Gasteiger charge is -2.33. The predicted octanol–water partition coefficient (Wildman–Crippen LogP) is 0.281. The van der Waals surface area contributed by atoms with Gasteiger partial charge in [0.1, 0.15) is 23.8 Å². The van der Waals surface area contributed by atoms with Crippen LogP contribution in [-0.2, 0) is 13.6 Å². The van der Waals surface area contributed by atoms with Crippen LogP contribution in [0.4, 0.5) is 11.8 Å². The molecule has 1 atom stereocenters. The van der Waals surface area contributed by atoms with E-state index in [9.17, 15) is 0 Å². The predicted molar refractivity (Wildman–Crippen MR) is 97.8 cm³/mol. The third-order valence-electron chi connectivity index (χ3n) is 4.88. The fourth-order valence-corrected chi connectivity index (χ4v) is 3.55. The van der Waals surface area contributed by atoms with Gasteiger partial charge in [0, 0.05) is 32.1 Å². The maximum Gasteiger partial charge on any atom is 0.209 e. The Bertz CT molecular complexity index is 911. The molecule has 1 unspecified atom stereocenters. The highest BCUT2D eigenvalue weighted by Gasteiger charge is 2.27. The van der Waals surface area contributed by atoms with E-state index in [-0.39, 0.29) is 0 Å². The summed E-state index contributed by atoms with van der Waals surface area (Å²) in [6.07, 6.45) is 3.74. The summed E-state index contributed by atoms with van der Waals surface area (Å²) in [6.45, 7) is 2.56. The highest BCUT2D eigenvalue weighted by molar-refractivity contribution is 5.55. The summed E-state index contributed by atoms with van der Waals surface area (Å²) in [4.78, 5) is 8.88. The number of nitrogen functional groups attached to an aromatic ring is 1. The molecule has 3 aromatic rings. The van der Waals surface area contributed by atoms with Crippen molar-refractivity contribution < 1.29 is 0 Å². The van der Waals surface area contributed by atoms with Crippen molar-refractivity contribution in [2.45, 2.75) is 25.3 Å². The van der Waals surface area contributed by atoms with Gasteiger partial charge in [0.05, 0.1) is 6.54 Å². The molecule has 0 bridgehead atoms. The fourth-order valence-electron chi connectivity index (χ4n) is 3.55. The van der Waals surface area contributed by atoms with Crippen molar-refractivity contribution in [3.8, 4) is 0 Å². The standard InChI is InChI=1S/C16H24N10/c1-23(2)9-14-21-22-15(24(14)3)11-5-4-6-25(8-11)12-7-13-20-18-10-26(13)16(17)19-12/h7,10-11H,4-6,8-9H2,1-3H3,(H2,17,19). The van der Waals surface area contributed by atoms with Crippen LogP contribution in [0.3, 0.4) is 0 Å². The molecule has 0 aliphatic carbocycles. The molecule has 4 heterocycles. The molecule has 0 spiro atoms. The Balaban J connectivity index is 1.58. The van der Waals surface area contributed by atoms with Gasteiger partial charge in [-0.2, -0.15) is 4.98 Å². The first-order chi connectivity index (χ1) is 12.5. The smallest absolute Gasteiger partial charge is 0.209 e. The van der Waals surface area contributed by atoms with Crippen LogP contribution >= 0.6 is 0 Å². The molecule has 26 heavy (non-hydrogen) atoms. The van der Waals surface area contributed by atoms with E-state index >= 15 is 0 Å². The van der Waals surface area contributed by atoms with Gasteiger partial charge in [-0.15, -0.1) is 20.4 Å². The summed E-state index contributed by atoms with van der Waals surface area (Å²) in [7, 11) is 6.12. The number of anilines is 2. The van der Waals surface area contributed by atoms with Crippen LogP contribution in [0.1, 0.15) is 30.4 Å². The minimum Gasteiger partial charge on any atom is -0.369 e. The van der Waals surface area contributed by atoms with Gasteiger partial charge in [-0.1, -0.05) is 0 Å². The van der Waals surface area contributed by atoms with Crippen LogP contribution in [0, 0.1) is 0 Å². The number of fused-ring (bicyclic) bond motifs is 1. The molecule has 10 nitrogen and oxygen atoms in total. The Morgan fingerprint density at radius 3 is 2.92 bits per heavy atom. The lowest BCUT2D eigenvalue weighted by atomic mass is 9.97. The summed E-state index contributed by atoms with van der Waals surface area (Å²) >= 11 is 0. The number of rotatable bonds is 4. The maximum atomic E-state index is 6.04. The minimum atomic E-state index is 0.314. The van der Waals surface area contributed by atoms with Crippen LogP contribution in [0.15, 0.2) is 12.4 Å². The first kappa shape index (κ1) is 16.7. The molecule has 1 aliphatic rings. The molecule has 0 saturated carbocycles. The Hall–Kier alpha value is -2.75. The Morgan fingerprint density at radius 1 is 1.27 bits per heavy atom. The summed E-state index contributed by atoms with van der Waals surface area (Å²) in [6, 6.07) is 1.93. The lowest BCUT2D eigenvalue weighted by Crippen LogP contribution is -2.36. The van der Waals surface area contributed by atoms with Crippen molar-refractivity contribution in [2.75, 3.05) is 37.8 Å². The van der Waals surface area contributed by atoms with E-state index in [1.807, 2.05) is 27.2 Å². The number of hydrogen-bond donors (Lipinski definition) is 1. The topological polar surface area (TPSA) is 106 Å². The van der Waals surface area contributed by atoms with Crippen molar-refractivity contribution in [2.24, 2.45) is 7.05 Å². The van der Waals surface area contributed by atoms with E-state index in [1.54, 1.807) is 10.7 Å². The monoisotopic (exact) mass is 356 g/mol. The molecular formula is C16H24N10. The first-order valence-electron chi connectivity index (χ1n) is 8.77. The largest absolute Gasteiger partial charge is 0.369 e. The van der Waals surface area contributed by atoms with Gasteiger partial charge in [-0.25, -0.2) is 0 Å².